The summed E-state index contributed by atoms with van der Waals surface area (Å²) in [4.78, 5) is 10.1. The Kier molecular flexibility index (Phi) is 5.84. The fourth-order valence-corrected chi connectivity index (χ4v) is 0.874. The van der Waals surface area contributed by atoms with Gasteiger partial charge in [-0.1, -0.05) is 19.8 Å². The van der Waals surface area contributed by atoms with Gasteiger partial charge in [-0.15, -0.1) is 0 Å². The summed E-state index contributed by atoms with van der Waals surface area (Å²) in [5.74, 6) is -0.833. The minimum atomic E-state index is -0.833. The number of rotatable bonds is 6. The van der Waals surface area contributed by atoms with Crippen LogP contribution in [0.2, 0.25) is 0 Å². The third-order valence-corrected chi connectivity index (χ3v) is 1.58. The van der Waals surface area contributed by atoms with Gasteiger partial charge in [0.1, 0.15) is 0 Å². The molecule has 0 aliphatic carbocycles. The highest BCUT2D eigenvalue weighted by Gasteiger charge is 2.05. The second-order valence-corrected chi connectivity index (χ2v) is 2.73. The molecule has 0 aromatic carbocycles. The highest BCUT2D eigenvalue weighted by molar-refractivity contribution is 5.66. The fraction of sp³-hybridized carbons (Fsp3) is 0.875. The zero-order valence-electron chi connectivity index (χ0n) is 6.92. The first kappa shape index (κ1) is 10.4. The molecule has 0 heterocycles. The molecule has 11 heavy (non-hydrogen) atoms. The monoisotopic (exact) mass is 160 g/mol. The average molecular weight is 160 g/mol. The lowest BCUT2D eigenvalue weighted by Gasteiger charge is -2.06. The third kappa shape index (κ3) is 7.33. The molecule has 0 radical (unpaired) electrons. The number of unbranched alkanes of at least 4 members (excludes halogenated alkanes) is 1. The number of aliphatic hydroxyl groups excluding tert-OH is 1. The summed E-state index contributed by atoms with van der Waals surface area (Å²) in [5.41, 5.74) is 0. The van der Waals surface area contributed by atoms with Gasteiger partial charge >= 0.3 is 5.97 Å². The van der Waals surface area contributed by atoms with Crippen molar-refractivity contribution in [1.29, 1.82) is 0 Å². The zero-order valence-corrected chi connectivity index (χ0v) is 6.92. The predicted molar refractivity (Wildman–Crippen MR) is 42.4 cm³/mol. The second kappa shape index (κ2) is 6.16. The van der Waals surface area contributed by atoms with Crippen LogP contribution in [0.4, 0.5) is 0 Å². The lowest BCUT2D eigenvalue weighted by atomic mass is 10.1. The largest absolute Gasteiger partial charge is 0.481 e. The van der Waals surface area contributed by atoms with Crippen molar-refractivity contribution in [3.63, 3.8) is 0 Å². The summed E-state index contributed by atoms with van der Waals surface area (Å²) in [5, 5.41) is 17.4. The molecule has 3 heteroatoms. The minimum absolute atomic E-state index is 0.0743. The van der Waals surface area contributed by atoms with Gasteiger partial charge in [0, 0.05) is 6.42 Å². The molecule has 0 saturated carbocycles. The number of carboxylic acid groups (broad SMARTS) is 1. The van der Waals surface area contributed by atoms with E-state index >= 15 is 0 Å². The fourth-order valence-electron chi connectivity index (χ4n) is 0.874. The Balaban J connectivity index is 3.22. The average Bonchev–Trinajstić information content (AvgIpc) is 1.97. The zero-order chi connectivity index (χ0) is 8.69. The van der Waals surface area contributed by atoms with Crippen molar-refractivity contribution in [1.82, 2.24) is 0 Å². The molecule has 0 aromatic heterocycles. The Labute approximate surface area is 67.0 Å². The highest BCUT2D eigenvalue weighted by atomic mass is 16.4. The molecule has 0 spiro atoms. The van der Waals surface area contributed by atoms with Gasteiger partial charge in [0.15, 0.2) is 0 Å². The van der Waals surface area contributed by atoms with Crippen molar-refractivity contribution in [2.45, 2.75) is 45.1 Å². The first-order chi connectivity index (χ1) is 5.16. The van der Waals surface area contributed by atoms with Crippen LogP contribution in [0.3, 0.4) is 0 Å². The predicted octanol–water partition coefficient (Wildman–Crippen LogP) is 1.40. The molecule has 3 nitrogen and oxygen atoms in total. The third-order valence-electron chi connectivity index (χ3n) is 1.58. The van der Waals surface area contributed by atoms with Gasteiger partial charge in [0.05, 0.1) is 6.10 Å². The number of hydrogen-bond acceptors (Lipinski definition) is 2. The first-order valence-electron chi connectivity index (χ1n) is 4.06. The van der Waals surface area contributed by atoms with Gasteiger partial charge in [-0.3, -0.25) is 4.79 Å². The number of aliphatic hydroxyl groups is 1. The van der Waals surface area contributed by atoms with E-state index in [4.69, 9.17) is 10.2 Å². The van der Waals surface area contributed by atoms with Crippen LogP contribution >= 0.6 is 0 Å². The summed E-state index contributed by atoms with van der Waals surface area (Å²) >= 11 is 0. The number of carbonyl (C=O) groups is 1. The van der Waals surface area contributed by atoms with E-state index in [2.05, 4.69) is 0 Å². The lowest BCUT2D eigenvalue weighted by molar-refractivity contribution is -0.137. The van der Waals surface area contributed by atoms with Crippen LogP contribution in [-0.4, -0.2) is 22.3 Å². The molecule has 1 unspecified atom stereocenters. The Morgan fingerprint density at radius 1 is 1.45 bits per heavy atom. The molecular weight excluding hydrogens is 144 g/mol. The Bertz CT molecular complexity index is 112. The van der Waals surface area contributed by atoms with Gasteiger partial charge in [0.2, 0.25) is 0 Å². The number of hydrogen-bond donors (Lipinski definition) is 2. The summed E-state index contributed by atoms with van der Waals surface area (Å²) in [6.07, 6.45) is 2.78. The maximum Gasteiger partial charge on any atom is 0.303 e. The van der Waals surface area contributed by atoms with Crippen molar-refractivity contribution < 1.29 is 15.0 Å². The molecule has 0 aliphatic rings. The van der Waals surface area contributed by atoms with E-state index in [0.717, 1.165) is 19.3 Å². The van der Waals surface area contributed by atoms with Gasteiger partial charge in [-0.2, -0.15) is 0 Å². The summed E-state index contributed by atoms with van der Waals surface area (Å²) in [6, 6.07) is 0. The van der Waals surface area contributed by atoms with E-state index < -0.39 is 12.1 Å². The van der Waals surface area contributed by atoms with Crippen LogP contribution in [0.15, 0.2) is 0 Å². The van der Waals surface area contributed by atoms with E-state index in [1.54, 1.807) is 0 Å². The normalized spacial score (nSPS) is 12.9. The smallest absolute Gasteiger partial charge is 0.303 e. The van der Waals surface area contributed by atoms with Crippen LogP contribution in [0, 0.1) is 0 Å². The van der Waals surface area contributed by atoms with Crippen molar-refractivity contribution in [3.05, 3.63) is 0 Å². The molecule has 66 valence electrons. The number of aliphatic carboxylic acids is 1. The van der Waals surface area contributed by atoms with Crippen LogP contribution < -0.4 is 0 Å². The van der Waals surface area contributed by atoms with Gasteiger partial charge in [0.25, 0.3) is 0 Å². The first-order valence-corrected chi connectivity index (χ1v) is 4.06. The van der Waals surface area contributed by atoms with E-state index in [1.165, 1.54) is 0 Å². The molecule has 0 saturated heterocycles. The highest BCUT2D eigenvalue weighted by Crippen LogP contribution is 2.05. The van der Waals surface area contributed by atoms with Crippen molar-refractivity contribution in [2.75, 3.05) is 0 Å². The maximum atomic E-state index is 10.1. The minimum Gasteiger partial charge on any atom is -0.481 e. The molecule has 0 amide bonds. The van der Waals surface area contributed by atoms with E-state index in [1.807, 2.05) is 6.92 Å². The topological polar surface area (TPSA) is 57.5 Å². The van der Waals surface area contributed by atoms with E-state index in [-0.39, 0.29) is 6.42 Å². The molecule has 0 bridgehead atoms. The van der Waals surface area contributed by atoms with Crippen molar-refractivity contribution >= 4 is 5.97 Å². The Morgan fingerprint density at radius 2 is 2.09 bits per heavy atom. The Morgan fingerprint density at radius 3 is 2.55 bits per heavy atom. The molecule has 0 aliphatic heterocycles. The number of carboxylic acids is 1. The Hall–Kier alpha value is -0.570. The SMILES string of the molecule is CCCCC(O)CCC(=O)O. The molecule has 0 rings (SSSR count). The standard InChI is InChI=1S/C8H16O3/c1-2-3-4-7(9)5-6-8(10)11/h7,9H,2-6H2,1H3,(H,10,11). The maximum absolute atomic E-state index is 10.1. The summed E-state index contributed by atoms with van der Waals surface area (Å²) in [7, 11) is 0. The molecular formula is C8H16O3. The van der Waals surface area contributed by atoms with Gasteiger partial charge < -0.3 is 10.2 Å². The van der Waals surface area contributed by atoms with E-state index in [9.17, 15) is 4.79 Å². The summed E-state index contributed by atoms with van der Waals surface area (Å²) < 4.78 is 0. The molecule has 0 fully saturated rings. The second-order valence-electron chi connectivity index (χ2n) is 2.73. The van der Waals surface area contributed by atoms with Crippen LogP contribution in [-0.2, 0) is 4.79 Å². The molecule has 1 atom stereocenters. The van der Waals surface area contributed by atoms with Crippen LogP contribution in [0.5, 0.6) is 0 Å². The van der Waals surface area contributed by atoms with Crippen LogP contribution in [0.1, 0.15) is 39.0 Å². The summed E-state index contributed by atoms with van der Waals surface area (Å²) in [6.45, 7) is 2.05. The molecule has 0 aromatic rings. The van der Waals surface area contributed by atoms with Gasteiger partial charge in [-0.25, -0.2) is 0 Å². The van der Waals surface area contributed by atoms with Crippen molar-refractivity contribution in [3.8, 4) is 0 Å². The quantitative estimate of drug-likeness (QED) is 0.617. The van der Waals surface area contributed by atoms with Crippen molar-refractivity contribution in [2.24, 2.45) is 0 Å². The van der Waals surface area contributed by atoms with Gasteiger partial charge in [-0.05, 0) is 12.8 Å². The van der Waals surface area contributed by atoms with E-state index in [0.29, 0.717) is 6.42 Å². The van der Waals surface area contributed by atoms with Crippen LogP contribution in [0.25, 0.3) is 0 Å². The lowest BCUT2D eigenvalue weighted by Crippen LogP contribution is -2.08. The molecule has 2 N–H and O–H groups in total.